The van der Waals surface area contributed by atoms with Crippen molar-refractivity contribution >= 4 is 56.2 Å². The van der Waals surface area contributed by atoms with Crippen LogP contribution >= 0.6 is 49.9 Å². The molecule has 0 atom stereocenters. The number of ether oxygens (including phenoxy) is 6. The van der Waals surface area contributed by atoms with Crippen LogP contribution in [0.4, 0.5) is 0 Å². The Bertz CT molecular complexity index is 1830. The molecule has 6 rings (SSSR count). The van der Waals surface area contributed by atoms with E-state index in [0.29, 0.717) is 39.6 Å². The van der Waals surface area contributed by atoms with Gasteiger partial charge in [0.2, 0.25) is 0 Å². The Kier molecular flexibility index (Phi) is 20.7. The molecule has 0 amide bonds. The minimum Gasteiger partial charge on any atom is -0.381 e. The third-order valence-corrected chi connectivity index (χ3v) is 18.3. The van der Waals surface area contributed by atoms with Gasteiger partial charge in [-0.25, -0.2) is 0 Å². The normalized spacial score (nSPS) is 16.9. The molecule has 0 bridgehead atoms. The second kappa shape index (κ2) is 25.4. The highest BCUT2D eigenvalue weighted by atomic mass is 79.9. The summed E-state index contributed by atoms with van der Waals surface area (Å²) in [6.45, 7) is 22.1. The standard InChI is InChI=1S/C52H79BrO7S3/c1-7-13-19-55-32-50(33-56-20-14-8-2)25-38-39(26-50)45(61-44(38)31-54)46-40-27-51(34-57-21-15-9-3,35-58-22-16-10-4)28-41(40)47(62-46)48-42-29-52(36-59-23-17-11-5,37-60-24-18-12-6)30-43(42)49(53)63-48/h31H,7-30,32-37H2,1-6H3. The SMILES string of the molecule is CCCCOCC1(COCCCC)Cc2c(Br)sc(-c3sc(-c4sc(C=O)c5c4CC(COCCCC)(COCCCC)C5)c4c3CC(COCCCC)(COCCCC)C4)c2C1. The minimum absolute atomic E-state index is 0.0835. The molecule has 0 fully saturated rings. The number of carbonyl (C=O) groups is 1. The van der Waals surface area contributed by atoms with E-state index in [9.17, 15) is 4.79 Å². The maximum Gasteiger partial charge on any atom is 0.160 e. The lowest BCUT2D eigenvalue weighted by Crippen LogP contribution is -2.34. The molecule has 3 aliphatic rings. The minimum atomic E-state index is -0.179. The molecule has 3 aliphatic carbocycles. The first kappa shape index (κ1) is 51.4. The molecule has 3 heterocycles. The molecular formula is C52H79BrO7S3. The van der Waals surface area contributed by atoms with Gasteiger partial charge in [0.1, 0.15) is 0 Å². The largest absolute Gasteiger partial charge is 0.381 e. The fourth-order valence-corrected chi connectivity index (χ4v) is 14.6. The van der Waals surface area contributed by atoms with E-state index >= 15 is 0 Å². The topological polar surface area (TPSA) is 72.5 Å². The quantitative estimate of drug-likeness (QED) is 0.0445. The predicted octanol–water partition coefficient (Wildman–Crippen LogP) is 13.9. The number of unbranched alkanes of at least 4 members (excludes halogenated alkanes) is 6. The fraction of sp³-hybridized carbons (Fsp3) is 0.750. The summed E-state index contributed by atoms with van der Waals surface area (Å²) in [6.07, 6.45) is 19.7. The maximum atomic E-state index is 13.0. The molecule has 0 spiro atoms. The average molecular weight is 992 g/mol. The van der Waals surface area contributed by atoms with Crippen molar-refractivity contribution in [2.45, 2.75) is 157 Å². The van der Waals surface area contributed by atoms with Crippen LogP contribution in [0.2, 0.25) is 0 Å². The van der Waals surface area contributed by atoms with E-state index in [-0.39, 0.29) is 16.2 Å². The van der Waals surface area contributed by atoms with Crippen molar-refractivity contribution in [3.8, 4) is 19.5 Å². The summed E-state index contributed by atoms with van der Waals surface area (Å²) in [5, 5.41) is 0. The summed E-state index contributed by atoms with van der Waals surface area (Å²) < 4.78 is 40.2. The summed E-state index contributed by atoms with van der Waals surface area (Å²) in [5.41, 5.74) is 7.96. The van der Waals surface area contributed by atoms with E-state index in [2.05, 4.69) is 57.5 Å². The fourth-order valence-electron chi connectivity index (χ4n) is 9.82. The first-order chi connectivity index (χ1) is 30.7. The summed E-state index contributed by atoms with van der Waals surface area (Å²) in [5.74, 6) is 0. The van der Waals surface area contributed by atoms with E-state index in [4.69, 9.17) is 28.4 Å². The molecule has 0 N–H and O–H groups in total. The molecule has 0 radical (unpaired) electrons. The van der Waals surface area contributed by atoms with Crippen LogP contribution in [0.5, 0.6) is 0 Å². The van der Waals surface area contributed by atoms with Gasteiger partial charge in [-0.2, -0.15) is 0 Å². The van der Waals surface area contributed by atoms with E-state index in [0.717, 1.165) is 166 Å². The van der Waals surface area contributed by atoms with E-state index < -0.39 is 0 Å². The lowest BCUT2D eigenvalue weighted by atomic mass is 9.85. The number of rotatable bonds is 33. The molecule has 3 aromatic rings. The second-order valence-corrected chi connectivity index (χ2v) is 23.7. The Morgan fingerprint density at radius 2 is 0.683 bits per heavy atom. The van der Waals surface area contributed by atoms with Gasteiger partial charge in [0.25, 0.3) is 0 Å². The molecule has 0 aliphatic heterocycles. The summed E-state index contributed by atoms with van der Waals surface area (Å²) in [6, 6.07) is 0. The van der Waals surface area contributed by atoms with Gasteiger partial charge in [0, 0.05) is 75.4 Å². The zero-order valence-corrected chi connectivity index (χ0v) is 43.8. The Labute approximate surface area is 401 Å². The molecule has 11 heteroatoms. The van der Waals surface area contributed by atoms with Crippen LogP contribution in [0.25, 0.3) is 19.5 Å². The molecule has 63 heavy (non-hydrogen) atoms. The molecule has 0 aromatic carbocycles. The van der Waals surface area contributed by atoms with Gasteiger partial charge in [-0.15, -0.1) is 34.0 Å². The predicted molar refractivity (Wildman–Crippen MR) is 268 cm³/mol. The molecule has 0 saturated carbocycles. The van der Waals surface area contributed by atoms with Gasteiger partial charge < -0.3 is 28.4 Å². The van der Waals surface area contributed by atoms with Crippen molar-refractivity contribution in [1.82, 2.24) is 0 Å². The third kappa shape index (κ3) is 12.8. The number of halogens is 1. The summed E-state index contributed by atoms with van der Waals surface area (Å²) in [7, 11) is 0. The van der Waals surface area contributed by atoms with Crippen molar-refractivity contribution in [2.24, 2.45) is 16.2 Å². The van der Waals surface area contributed by atoms with Gasteiger partial charge in [-0.05, 0) is 126 Å². The first-order valence-electron chi connectivity index (χ1n) is 24.8. The highest BCUT2D eigenvalue weighted by Gasteiger charge is 2.48. The highest BCUT2D eigenvalue weighted by molar-refractivity contribution is 9.11. The molecular weight excluding hydrogens is 913 g/mol. The summed E-state index contributed by atoms with van der Waals surface area (Å²) in [4.78, 5) is 19.3. The van der Waals surface area contributed by atoms with Crippen LogP contribution in [0.15, 0.2) is 3.79 Å². The van der Waals surface area contributed by atoms with Crippen LogP contribution in [-0.4, -0.2) is 85.6 Å². The van der Waals surface area contributed by atoms with Crippen LogP contribution in [0, 0.1) is 16.2 Å². The summed E-state index contributed by atoms with van der Waals surface area (Å²) >= 11 is 9.74. The van der Waals surface area contributed by atoms with Gasteiger partial charge in [-0.1, -0.05) is 80.1 Å². The number of thiophene rings is 3. The molecule has 7 nitrogen and oxygen atoms in total. The Morgan fingerprint density at radius 3 is 1.02 bits per heavy atom. The maximum absolute atomic E-state index is 13.0. The Balaban J connectivity index is 1.43. The van der Waals surface area contributed by atoms with Crippen LogP contribution in [-0.2, 0) is 66.9 Å². The molecule has 3 aromatic heterocycles. The van der Waals surface area contributed by atoms with E-state index in [1.807, 2.05) is 22.7 Å². The number of hydrogen-bond acceptors (Lipinski definition) is 10. The van der Waals surface area contributed by atoms with E-state index in [1.54, 1.807) is 11.3 Å². The zero-order chi connectivity index (χ0) is 44.7. The lowest BCUT2D eigenvalue weighted by molar-refractivity contribution is -0.0189. The smallest absolute Gasteiger partial charge is 0.160 e. The Hall–Kier alpha value is -0.990. The van der Waals surface area contributed by atoms with Crippen molar-refractivity contribution in [3.63, 3.8) is 0 Å². The van der Waals surface area contributed by atoms with Crippen LogP contribution < -0.4 is 0 Å². The van der Waals surface area contributed by atoms with Crippen molar-refractivity contribution < 1.29 is 33.2 Å². The molecule has 0 saturated heterocycles. The number of carbonyl (C=O) groups excluding carboxylic acids is 1. The van der Waals surface area contributed by atoms with Gasteiger partial charge >= 0.3 is 0 Å². The molecule has 0 unspecified atom stereocenters. The van der Waals surface area contributed by atoms with Gasteiger partial charge in [0.05, 0.1) is 48.3 Å². The van der Waals surface area contributed by atoms with Gasteiger partial charge in [0.15, 0.2) is 6.29 Å². The number of hydrogen-bond donors (Lipinski definition) is 0. The highest BCUT2D eigenvalue weighted by Crippen LogP contribution is 2.59. The second-order valence-electron chi connectivity index (χ2n) is 19.2. The average Bonchev–Trinajstić information content (AvgIpc) is 4.13. The molecule has 354 valence electrons. The first-order valence-corrected chi connectivity index (χ1v) is 28.0. The third-order valence-electron chi connectivity index (χ3n) is 13.5. The van der Waals surface area contributed by atoms with Crippen LogP contribution in [0.1, 0.15) is 162 Å². The zero-order valence-electron chi connectivity index (χ0n) is 39.8. The van der Waals surface area contributed by atoms with Crippen molar-refractivity contribution in [1.29, 1.82) is 0 Å². The lowest BCUT2D eigenvalue weighted by Gasteiger charge is -2.30. The van der Waals surface area contributed by atoms with Crippen LogP contribution in [0.3, 0.4) is 0 Å². The van der Waals surface area contributed by atoms with E-state index in [1.165, 1.54) is 56.7 Å². The van der Waals surface area contributed by atoms with Crippen molar-refractivity contribution in [2.75, 3.05) is 79.3 Å². The monoisotopic (exact) mass is 990 g/mol. The number of fused-ring (bicyclic) bond motifs is 3. The Morgan fingerprint density at radius 1 is 0.413 bits per heavy atom. The number of aldehydes is 1. The van der Waals surface area contributed by atoms with Gasteiger partial charge in [-0.3, -0.25) is 4.79 Å². The van der Waals surface area contributed by atoms with Crippen molar-refractivity contribution in [3.05, 3.63) is 42.0 Å².